The number of thiophene rings is 1. The summed E-state index contributed by atoms with van der Waals surface area (Å²) in [4.78, 5) is 18.3. The van der Waals surface area contributed by atoms with E-state index in [-0.39, 0.29) is 38.3 Å². The Morgan fingerprint density at radius 2 is 1.87 bits per heavy atom. The smallest absolute Gasteiger partial charge is 0.206 e. The van der Waals surface area contributed by atoms with Crippen LogP contribution in [0.2, 0.25) is 10.0 Å². The Balaban J connectivity index is 1.99. The van der Waals surface area contributed by atoms with Gasteiger partial charge in [-0.25, -0.2) is 4.98 Å². The SMILES string of the molecule is CCc1ccc(-c2c(C#N)c(N)nc3sc(C(=O)c4ccc(Cl)cc4Cl)c(N)c23)cc1. The number of nitrogen functional groups attached to an aromatic ring is 2. The van der Waals surface area contributed by atoms with E-state index in [2.05, 4.69) is 18.0 Å². The Labute approximate surface area is 192 Å². The first kappa shape index (κ1) is 21.1. The fourth-order valence-corrected chi connectivity index (χ4v) is 5.00. The van der Waals surface area contributed by atoms with Crippen molar-refractivity contribution in [2.45, 2.75) is 13.3 Å². The highest BCUT2D eigenvalue weighted by Gasteiger charge is 2.25. The number of aryl methyl sites for hydroxylation is 1. The van der Waals surface area contributed by atoms with E-state index < -0.39 is 0 Å². The third-order valence-corrected chi connectivity index (χ3v) is 6.70. The van der Waals surface area contributed by atoms with Crippen LogP contribution in [0.25, 0.3) is 21.3 Å². The number of hydrogen-bond acceptors (Lipinski definition) is 6. The number of hydrogen-bond donors (Lipinski definition) is 2. The number of anilines is 2. The molecule has 0 saturated carbocycles. The van der Waals surface area contributed by atoms with E-state index in [4.69, 9.17) is 34.7 Å². The fraction of sp³-hybridized carbons (Fsp3) is 0.0870. The number of rotatable bonds is 4. The molecular formula is C23H16Cl2N4OS. The molecule has 2 heterocycles. The minimum absolute atomic E-state index is 0.0920. The Morgan fingerprint density at radius 3 is 2.48 bits per heavy atom. The van der Waals surface area contributed by atoms with Crippen molar-refractivity contribution in [1.82, 2.24) is 4.98 Å². The van der Waals surface area contributed by atoms with Crippen molar-refractivity contribution in [3.63, 3.8) is 0 Å². The van der Waals surface area contributed by atoms with Crippen molar-refractivity contribution in [3.05, 3.63) is 74.1 Å². The summed E-state index contributed by atoms with van der Waals surface area (Å²) in [6, 6.07) is 14.6. The van der Waals surface area contributed by atoms with Crippen LogP contribution in [0.5, 0.6) is 0 Å². The van der Waals surface area contributed by atoms with Gasteiger partial charge in [-0.3, -0.25) is 4.79 Å². The fourth-order valence-electron chi connectivity index (χ4n) is 3.44. The van der Waals surface area contributed by atoms with Gasteiger partial charge in [0, 0.05) is 21.5 Å². The van der Waals surface area contributed by atoms with Gasteiger partial charge in [-0.15, -0.1) is 11.3 Å². The lowest BCUT2D eigenvalue weighted by molar-refractivity contribution is 0.104. The highest BCUT2D eigenvalue weighted by Crippen LogP contribution is 2.43. The zero-order chi connectivity index (χ0) is 22.3. The van der Waals surface area contributed by atoms with Crippen LogP contribution in [-0.4, -0.2) is 10.8 Å². The van der Waals surface area contributed by atoms with Gasteiger partial charge in [0.2, 0.25) is 5.78 Å². The van der Waals surface area contributed by atoms with Crippen molar-refractivity contribution in [2.24, 2.45) is 0 Å². The zero-order valence-electron chi connectivity index (χ0n) is 16.4. The summed E-state index contributed by atoms with van der Waals surface area (Å²) in [7, 11) is 0. The molecule has 0 amide bonds. The summed E-state index contributed by atoms with van der Waals surface area (Å²) >= 11 is 13.3. The molecule has 0 fully saturated rings. The van der Waals surface area contributed by atoms with Crippen LogP contribution in [0.15, 0.2) is 42.5 Å². The van der Waals surface area contributed by atoms with Crippen LogP contribution < -0.4 is 11.5 Å². The van der Waals surface area contributed by atoms with E-state index >= 15 is 0 Å². The molecule has 31 heavy (non-hydrogen) atoms. The number of nitrogens with two attached hydrogens (primary N) is 2. The maximum absolute atomic E-state index is 13.2. The molecule has 0 saturated heterocycles. The standard InChI is InChI=1S/C23H16Cl2N4OS/c1-2-11-3-5-12(6-4-11)17-15(10-26)22(28)29-23-18(17)19(27)21(31-23)20(30)14-8-7-13(24)9-16(14)25/h3-9H,2,27H2,1H3,(H2,28,29). The van der Waals surface area contributed by atoms with E-state index in [9.17, 15) is 10.1 Å². The molecule has 0 atom stereocenters. The van der Waals surface area contributed by atoms with Crippen LogP contribution in [0.1, 0.15) is 33.3 Å². The van der Waals surface area contributed by atoms with Gasteiger partial charge in [0.25, 0.3) is 0 Å². The molecule has 0 radical (unpaired) electrons. The summed E-state index contributed by atoms with van der Waals surface area (Å²) in [5.41, 5.74) is 15.8. The number of aromatic nitrogens is 1. The first-order valence-electron chi connectivity index (χ1n) is 9.36. The quantitative estimate of drug-likeness (QED) is 0.353. The van der Waals surface area contributed by atoms with E-state index in [0.717, 1.165) is 28.9 Å². The zero-order valence-corrected chi connectivity index (χ0v) is 18.7. The van der Waals surface area contributed by atoms with Crippen LogP contribution >= 0.6 is 34.5 Å². The number of pyridine rings is 1. The molecule has 0 aliphatic rings. The monoisotopic (exact) mass is 466 g/mol. The van der Waals surface area contributed by atoms with Crippen molar-refractivity contribution in [3.8, 4) is 17.2 Å². The molecule has 2 aromatic heterocycles. The topological polar surface area (TPSA) is 106 Å². The summed E-state index contributed by atoms with van der Waals surface area (Å²) in [6.45, 7) is 2.06. The van der Waals surface area contributed by atoms with E-state index in [0.29, 0.717) is 20.8 Å². The van der Waals surface area contributed by atoms with E-state index in [1.807, 2.05) is 24.3 Å². The summed E-state index contributed by atoms with van der Waals surface area (Å²) in [6.07, 6.45) is 0.889. The number of carbonyl (C=O) groups is 1. The van der Waals surface area contributed by atoms with Crippen molar-refractivity contribution >= 4 is 62.0 Å². The number of fused-ring (bicyclic) bond motifs is 1. The maximum Gasteiger partial charge on any atom is 0.206 e. The number of carbonyl (C=O) groups excluding carboxylic acids is 1. The molecule has 0 spiro atoms. The molecule has 4 aromatic rings. The van der Waals surface area contributed by atoms with E-state index in [1.54, 1.807) is 12.1 Å². The van der Waals surface area contributed by atoms with Crippen LogP contribution in [-0.2, 0) is 6.42 Å². The normalized spacial score (nSPS) is 10.9. The van der Waals surface area contributed by atoms with Gasteiger partial charge in [-0.1, -0.05) is 54.4 Å². The molecule has 0 unspecified atom stereocenters. The second-order valence-corrected chi connectivity index (χ2v) is 8.73. The second-order valence-electron chi connectivity index (χ2n) is 6.89. The summed E-state index contributed by atoms with van der Waals surface area (Å²) in [5, 5.41) is 11.0. The highest BCUT2D eigenvalue weighted by atomic mass is 35.5. The first-order valence-corrected chi connectivity index (χ1v) is 10.9. The Bertz CT molecular complexity index is 1390. The largest absolute Gasteiger partial charge is 0.397 e. The van der Waals surface area contributed by atoms with E-state index in [1.165, 1.54) is 6.07 Å². The third kappa shape index (κ3) is 3.61. The van der Waals surface area contributed by atoms with Gasteiger partial charge in [-0.2, -0.15) is 5.26 Å². The van der Waals surface area contributed by atoms with Gasteiger partial charge >= 0.3 is 0 Å². The van der Waals surface area contributed by atoms with Crippen molar-refractivity contribution in [2.75, 3.05) is 11.5 Å². The molecule has 4 rings (SSSR count). The molecule has 5 nitrogen and oxygen atoms in total. The van der Waals surface area contributed by atoms with Gasteiger partial charge in [-0.05, 0) is 35.7 Å². The lowest BCUT2D eigenvalue weighted by atomic mass is 9.95. The molecule has 4 N–H and O–H groups in total. The van der Waals surface area contributed by atoms with Crippen LogP contribution in [0.3, 0.4) is 0 Å². The molecule has 0 bridgehead atoms. The van der Waals surface area contributed by atoms with Crippen LogP contribution in [0.4, 0.5) is 11.5 Å². The number of benzene rings is 2. The van der Waals surface area contributed by atoms with Gasteiger partial charge in [0.1, 0.15) is 27.2 Å². The Hall–Kier alpha value is -3.11. The first-order chi connectivity index (χ1) is 14.8. The maximum atomic E-state index is 13.2. The molecular weight excluding hydrogens is 451 g/mol. The number of ketones is 1. The van der Waals surface area contributed by atoms with Crippen molar-refractivity contribution < 1.29 is 4.79 Å². The molecule has 0 aliphatic carbocycles. The third-order valence-electron chi connectivity index (χ3n) is 5.05. The van der Waals surface area contributed by atoms with Gasteiger partial charge < -0.3 is 11.5 Å². The molecule has 0 aliphatic heterocycles. The highest BCUT2D eigenvalue weighted by molar-refractivity contribution is 7.21. The number of halogens is 2. The van der Waals surface area contributed by atoms with Gasteiger partial charge in [0.15, 0.2) is 0 Å². The Morgan fingerprint density at radius 1 is 1.16 bits per heavy atom. The van der Waals surface area contributed by atoms with Crippen LogP contribution in [0, 0.1) is 11.3 Å². The van der Waals surface area contributed by atoms with Crippen molar-refractivity contribution in [1.29, 1.82) is 5.26 Å². The predicted octanol–water partition coefficient (Wildman–Crippen LogP) is 6.10. The second kappa shape index (κ2) is 8.20. The predicted molar refractivity (Wildman–Crippen MR) is 128 cm³/mol. The lowest BCUT2D eigenvalue weighted by Crippen LogP contribution is -2.03. The number of nitrogens with zero attached hydrogens (tertiary/aromatic N) is 2. The molecule has 2 aromatic carbocycles. The minimum Gasteiger partial charge on any atom is -0.397 e. The summed E-state index contributed by atoms with van der Waals surface area (Å²) in [5.74, 6) is -0.249. The number of nitriles is 1. The Kier molecular flexibility index (Phi) is 5.59. The molecule has 154 valence electrons. The average Bonchev–Trinajstić information content (AvgIpc) is 3.08. The molecule has 8 heteroatoms. The average molecular weight is 467 g/mol. The minimum atomic E-state index is -0.341. The van der Waals surface area contributed by atoms with Gasteiger partial charge in [0.05, 0.1) is 10.7 Å². The summed E-state index contributed by atoms with van der Waals surface area (Å²) < 4.78 is 0. The lowest BCUT2D eigenvalue weighted by Gasteiger charge is -2.10.